The van der Waals surface area contributed by atoms with Crippen LogP contribution in [-0.4, -0.2) is 22.9 Å². The van der Waals surface area contributed by atoms with Crippen LogP contribution >= 0.6 is 0 Å². The third kappa shape index (κ3) is 8.21. The monoisotopic (exact) mass is 316 g/mol. The number of aromatic nitrogens is 2. The lowest BCUT2D eigenvalue weighted by molar-refractivity contribution is 0.475. The van der Waals surface area contributed by atoms with Crippen LogP contribution < -0.4 is 0 Å². The molecule has 5 nitrogen and oxygen atoms in total. The van der Waals surface area contributed by atoms with Crippen LogP contribution in [0.1, 0.15) is 76.8 Å². The standard InChI is InChI=1S/C15H28N2O3S/c1-2-3-4-5-6-7-8-9-10-11-12-14-13-16-15(17-14)21(18,19)20/h13H,2-12H2,1H3,(H,16,17)(H,18,19,20). The second-order valence-corrected chi connectivity index (χ2v) is 6.96. The van der Waals surface area contributed by atoms with Crippen molar-refractivity contribution in [2.75, 3.05) is 0 Å². The maximum Gasteiger partial charge on any atom is 0.328 e. The van der Waals surface area contributed by atoms with Crippen LogP contribution in [0.4, 0.5) is 0 Å². The molecule has 1 heterocycles. The van der Waals surface area contributed by atoms with Gasteiger partial charge in [-0.15, -0.1) is 0 Å². The number of H-pyrrole nitrogens is 1. The number of aromatic amines is 1. The molecule has 122 valence electrons. The zero-order valence-electron chi connectivity index (χ0n) is 13.0. The van der Waals surface area contributed by atoms with Gasteiger partial charge in [0, 0.05) is 11.9 Å². The summed E-state index contributed by atoms with van der Waals surface area (Å²) in [4.78, 5) is 6.29. The molecule has 0 fully saturated rings. The van der Waals surface area contributed by atoms with Crippen LogP contribution in [0.15, 0.2) is 11.4 Å². The minimum absolute atomic E-state index is 0.357. The topological polar surface area (TPSA) is 83.1 Å². The zero-order chi connectivity index (χ0) is 15.6. The minimum atomic E-state index is -4.20. The highest BCUT2D eigenvalue weighted by Crippen LogP contribution is 2.12. The van der Waals surface area contributed by atoms with Crippen LogP contribution in [0.2, 0.25) is 0 Å². The molecule has 0 atom stereocenters. The van der Waals surface area contributed by atoms with Crippen molar-refractivity contribution in [1.82, 2.24) is 9.97 Å². The fourth-order valence-corrected chi connectivity index (χ4v) is 2.85. The van der Waals surface area contributed by atoms with Crippen molar-refractivity contribution >= 4 is 10.1 Å². The summed E-state index contributed by atoms with van der Waals surface area (Å²) in [7, 11) is -4.20. The van der Waals surface area contributed by atoms with E-state index < -0.39 is 10.1 Å². The lowest BCUT2D eigenvalue weighted by Gasteiger charge is -2.01. The normalized spacial score (nSPS) is 11.9. The largest absolute Gasteiger partial charge is 0.331 e. The van der Waals surface area contributed by atoms with Gasteiger partial charge in [0.1, 0.15) is 0 Å². The summed E-state index contributed by atoms with van der Waals surface area (Å²) >= 11 is 0. The molecule has 6 heteroatoms. The third-order valence-electron chi connectivity index (χ3n) is 3.65. The summed E-state index contributed by atoms with van der Waals surface area (Å²) in [5.74, 6) is 0. The number of rotatable bonds is 12. The maximum absolute atomic E-state index is 10.9. The van der Waals surface area contributed by atoms with Gasteiger partial charge in [-0.05, 0) is 12.8 Å². The minimum Gasteiger partial charge on any atom is -0.331 e. The summed E-state index contributed by atoms with van der Waals surface area (Å²) in [6.07, 6.45) is 15.0. The van der Waals surface area contributed by atoms with E-state index in [1.165, 1.54) is 57.6 Å². The highest BCUT2D eigenvalue weighted by atomic mass is 32.2. The van der Waals surface area contributed by atoms with Gasteiger partial charge < -0.3 is 4.98 Å². The quantitative estimate of drug-likeness (QED) is 0.449. The van der Waals surface area contributed by atoms with Gasteiger partial charge in [-0.1, -0.05) is 64.7 Å². The van der Waals surface area contributed by atoms with Crippen LogP contribution in [-0.2, 0) is 16.5 Å². The van der Waals surface area contributed by atoms with Crippen molar-refractivity contribution in [3.8, 4) is 0 Å². The Morgan fingerprint density at radius 2 is 1.52 bits per heavy atom. The van der Waals surface area contributed by atoms with Gasteiger partial charge >= 0.3 is 10.1 Å². The van der Waals surface area contributed by atoms with E-state index in [0.29, 0.717) is 0 Å². The summed E-state index contributed by atoms with van der Waals surface area (Å²) in [5, 5.41) is -0.357. The van der Waals surface area contributed by atoms with Gasteiger partial charge in [-0.25, -0.2) is 4.98 Å². The van der Waals surface area contributed by atoms with Crippen molar-refractivity contribution < 1.29 is 13.0 Å². The van der Waals surface area contributed by atoms with Gasteiger partial charge in [-0.3, -0.25) is 4.55 Å². The van der Waals surface area contributed by atoms with E-state index >= 15 is 0 Å². The predicted molar refractivity (Wildman–Crippen MR) is 84.0 cm³/mol. The molecule has 21 heavy (non-hydrogen) atoms. The highest BCUT2D eigenvalue weighted by Gasteiger charge is 2.13. The number of imidazole rings is 1. The highest BCUT2D eigenvalue weighted by molar-refractivity contribution is 7.85. The Hall–Kier alpha value is -0.880. The first-order valence-electron chi connectivity index (χ1n) is 8.05. The third-order valence-corrected chi connectivity index (χ3v) is 4.35. The molecular formula is C15H28N2O3S. The second-order valence-electron chi connectivity index (χ2n) is 5.62. The second kappa shape index (κ2) is 9.95. The summed E-state index contributed by atoms with van der Waals surface area (Å²) in [6, 6.07) is 0. The van der Waals surface area contributed by atoms with E-state index in [-0.39, 0.29) is 5.16 Å². The van der Waals surface area contributed by atoms with E-state index in [1.807, 2.05) is 0 Å². The fraction of sp³-hybridized carbons (Fsp3) is 0.800. The van der Waals surface area contributed by atoms with Crippen molar-refractivity contribution in [3.05, 3.63) is 11.9 Å². The SMILES string of the molecule is CCCCCCCCCCCCc1cnc(S(=O)(=O)O)[nH]1. The molecule has 1 aromatic heterocycles. The van der Waals surface area contributed by atoms with Crippen LogP contribution in [0.3, 0.4) is 0 Å². The Kier molecular flexibility index (Phi) is 8.61. The van der Waals surface area contributed by atoms with Gasteiger partial charge in [0.2, 0.25) is 0 Å². The molecule has 0 spiro atoms. The first kappa shape index (κ1) is 18.2. The number of nitrogens with zero attached hydrogens (tertiary/aromatic N) is 1. The van der Waals surface area contributed by atoms with Crippen LogP contribution in [0.25, 0.3) is 0 Å². The Bertz CT molecular complexity index is 483. The first-order chi connectivity index (χ1) is 10.0. The Balaban J connectivity index is 2.01. The van der Waals surface area contributed by atoms with Crippen LogP contribution in [0, 0.1) is 0 Å². The molecule has 0 aromatic carbocycles. The van der Waals surface area contributed by atoms with Crippen molar-refractivity contribution in [1.29, 1.82) is 0 Å². The molecule has 0 saturated carbocycles. The molecule has 0 saturated heterocycles. The molecule has 0 amide bonds. The fourth-order valence-electron chi connectivity index (χ4n) is 2.40. The Labute approximate surface area is 128 Å². The number of hydrogen-bond donors (Lipinski definition) is 2. The number of nitrogens with one attached hydrogen (secondary N) is 1. The summed E-state index contributed by atoms with van der Waals surface area (Å²) in [6.45, 7) is 2.23. The van der Waals surface area contributed by atoms with Crippen molar-refractivity contribution in [2.45, 2.75) is 82.7 Å². The predicted octanol–water partition coefficient (Wildman–Crippen LogP) is 4.12. The number of unbranched alkanes of at least 4 members (excludes halogenated alkanes) is 9. The van der Waals surface area contributed by atoms with E-state index in [4.69, 9.17) is 4.55 Å². The maximum atomic E-state index is 10.9. The molecule has 2 N–H and O–H groups in total. The molecule has 0 unspecified atom stereocenters. The van der Waals surface area contributed by atoms with Gasteiger partial charge in [0.05, 0.1) is 0 Å². The molecule has 0 aliphatic carbocycles. The zero-order valence-corrected chi connectivity index (χ0v) is 13.8. The Morgan fingerprint density at radius 1 is 1.00 bits per heavy atom. The molecule has 0 radical (unpaired) electrons. The number of aryl methyl sites for hydroxylation is 1. The van der Waals surface area contributed by atoms with E-state index in [1.54, 1.807) is 0 Å². The van der Waals surface area contributed by atoms with Gasteiger partial charge in [0.15, 0.2) is 0 Å². The van der Waals surface area contributed by atoms with Crippen molar-refractivity contribution in [2.24, 2.45) is 0 Å². The van der Waals surface area contributed by atoms with E-state index in [2.05, 4.69) is 16.9 Å². The molecule has 1 rings (SSSR count). The molecule has 0 bridgehead atoms. The molecule has 0 aliphatic rings. The van der Waals surface area contributed by atoms with E-state index in [0.717, 1.165) is 25.0 Å². The lowest BCUT2D eigenvalue weighted by Crippen LogP contribution is -2.00. The lowest BCUT2D eigenvalue weighted by atomic mass is 10.1. The van der Waals surface area contributed by atoms with Crippen LogP contribution in [0.5, 0.6) is 0 Å². The smallest absolute Gasteiger partial charge is 0.328 e. The van der Waals surface area contributed by atoms with Crippen molar-refractivity contribution in [3.63, 3.8) is 0 Å². The first-order valence-corrected chi connectivity index (χ1v) is 9.49. The summed E-state index contributed by atoms with van der Waals surface area (Å²) < 4.78 is 30.5. The summed E-state index contributed by atoms with van der Waals surface area (Å²) in [5.41, 5.74) is 0.766. The Morgan fingerprint density at radius 3 is 2.00 bits per heavy atom. The molecule has 0 aliphatic heterocycles. The average Bonchev–Trinajstić information content (AvgIpc) is 2.90. The van der Waals surface area contributed by atoms with Gasteiger partial charge in [0.25, 0.3) is 5.16 Å². The molecular weight excluding hydrogens is 288 g/mol. The van der Waals surface area contributed by atoms with E-state index in [9.17, 15) is 8.42 Å². The number of hydrogen-bond acceptors (Lipinski definition) is 3. The molecule has 1 aromatic rings. The average molecular weight is 316 g/mol. The van der Waals surface area contributed by atoms with Gasteiger partial charge in [-0.2, -0.15) is 8.42 Å².